The SMILES string of the molecule is CCC(Cl)C(=O)NC(CF)C(O)C1=CC=C(c2ccc(C(C)=O)cc2)C=CC1. The Morgan fingerprint density at radius 3 is 2.50 bits per heavy atom. The van der Waals surface area contributed by atoms with Crippen molar-refractivity contribution in [2.45, 2.75) is 44.2 Å². The summed E-state index contributed by atoms with van der Waals surface area (Å²) in [7, 11) is 0. The van der Waals surface area contributed by atoms with Gasteiger partial charge < -0.3 is 10.4 Å². The van der Waals surface area contributed by atoms with Crippen LogP contribution >= 0.6 is 11.6 Å². The summed E-state index contributed by atoms with van der Waals surface area (Å²) in [6.07, 6.45) is 7.05. The molecule has 2 rings (SSSR count). The van der Waals surface area contributed by atoms with Crippen LogP contribution in [-0.4, -0.2) is 41.0 Å². The van der Waals surface area contributed by atoms with Crippen molar-refractivity contribution in [3.8, 4) is 0 Å². The molecule has 0 aliphatic heterocycles. The molecule has 0 fully saturated rings. The van der Waals surface area contributed by atoms with Crippen LogP contribution in [0.4, 0.5) is 4.39 Å². The first kappa shape index (κ1) is 22.1. The van der Waals surface area contributed by atoms with Crippen molar-refractivity contribution in [2.75, 3.05) is 6.67 Å². The fraction of sp³-hybridized carbons (Fsp3) is 0.364. The van der Waals surface area contributed by atoms with E-state index in [2.05, 4.69) is 5.32 Å². The van der Waals surface area contributed by atoms with Crippen LogP contribution in [0.15, 0.2) is 54.1 Å². The second kappa shape index (κ2) is 10.3. The van der Waals surface area contributed by atoms with Crippen LogP contribution in [0.5, 0.6) is 0 Å². The lowest BCUT2D eigenvalue weighted by Crippen LogP contribution is -2.48. The Labute approximate surface area is 169 Å². The summed E-state index contributed by atoms with van der Waals surface area (Å²) in [4.78, 5) is 23.3. The minimum atomic E-state index is -1.16. The minimum absolute atomic E-state index is 0.00353. The lowest BCUT2D eigenvalue weighted by Gasteiger charge is -2.24. The summed E-state index contributed by atoms with van der Waals surface area (Å²) in [6.45, 7) is 2.37. The number of nitrogens with one attached hydrogen (secondary N) is 1. The number of ketones is 1. The minimum Gasteiger partial charge on any atom is -0.386 e. The topological polar surface area (TPSA) is 66.4 Å². The Morgan fingerprint density at radius 1 is 1.25 bits per heavy atom. The van der Waals surface area contributed by atoms with Crippen molar-refractivity contribution in [2.24, 2.45) is 0 Å². The van der Waals surface area contributed by atoms with Gasteiger partial charge >= 0.3 is 0 Å². The number of allylic oxidation sites excluding steroid dienone is 5. The van der Waals surface area contributed by atoms with Gasteiger partial charge in [-0.25, -0.2) is 4.39 Å². The molecule has 0 saturated carbocycles. The second-order valence-corrected chi connectivity index (χ2v) is 7.22. The van der Waals surface area contributed by atoms with E-state index >= 15 is 0 Å². The Bertz CT molecular complexity index is 799. The van der Waals surface area contributed by atoms with E-state index < -0.39 is 30.1 Å². The van der Waals surface area contributed by atoms with Crippen LogP contribution in [0.1, 0.15) is 42.6 Å². The number of hydrogen-bond donors (Lipinski definition) is 2. The maximum Gasteiger partial charge on any atom is 0.238 e. The van der Waals surface area contributed by atoms with Gasteiger partial charge in [-0.2, -0.15) is 0 Å². The molecule has 150 valence electrons. The number of Topliss-reactive ketones (excluding diaryl/α,β-unsaturated/α-hetero) is 1. The fourth-order valence-electron chi connectivity index (χ4n) is 2.87. The monoisotopic (exact) mass is 405 g/mol. The molecule has 28 heavy (non-hydrogen) atoms. The van der Waals surface area contributed by atoms with Crippen molar-refractivity contribution in [1.29, 1.82) is 0 Å². The molecule has 1 aliphatic rings. The number of amides is 1. The van der Waals surface area contributed by atoms with Crippen LogP contribution in [0.2, 0.25) is 0 Å². The van der Waals surface area contributed by atoms with Gasteiger partial charge in [0.25, 0.3) is 0 Å². The number of aliphatic hydroxyl groups is 1. The number of carbonyl (C=O) groups excluding carboxylic acids is 2. The molecule has 3 unspecified atom stereocenters. The van der Waals surface area contributed by atoms with E-state index in [0.29, 0.717) is 24.0 Å². The number of hydrogen-bond acceptors (Lipinski definition) is 3. The summed E-state index contributed by atoms with van der Waals surface area (Å²) in [6, 6.07) is 6.20. The van der Waals surface area contributed by atoms with Gasteiger partial charge in [0.05, 0.1) is 12.1 Å². The first-order chi connectivity index (χ1) is 13.4. The molecule has 6 heteroatoms. The molecule has 0 heterocycles. The van der Waals surface area contributed by atoms with Crippen LogP contribution in [-0.2, 0) is 4.79 Å². The highest BCUT2D eigenvalue weighted by molar-refractivity contribution is 6.30. The van der Waals surface area contributed by atoms with E-state index in [4.69, 9.17) is 11.6 Å². The standard InChI is InChI=1S/C22H25ClFNO3/c1-3-19(23)22(28)25-20(13-24)21(27)18-6-4-5-16(11-12-18)17-9-7-15(8-10-17)14(2)26/h4-5,7-12,19-21,27H,3,6,13H2,1-2H3,(H,25,28). The highest BCUT2D eigenvalue weighted by Gasteiger charge is 2.26. The Hall–Kier alpha value is -2.24. The maximum absolute atomic E-state index is 13.4. The van der Waals surface area contributed by atoms with E-state index in [0.717, 1.165) is 11.1 Å². The molecular weight excluding hydrogens is 381 g/mol. The number of rotatable bonds is 8. The molecular formula is C22H25ClFNO3. The van der Waals surface area contributed by atoms with Gasteiger partial charge in [0.2, 0.25) is 5.91 Å². The summed E-state index contributed by atoms with van der Waals surface area (Å²) < 4.78 is 13.4. The number of halogens is 2. The lowest BCUT2D eigenvalue weighted by molar-refractivity contribution is -0.122. The van der Waals surface area contributed by atoms with Gasteiger partial charge in [-0.15, -0.1) is 11.6 Å². The first-order valence-electron chi connectivity index (χ1n) is 9.24. The number of carbonyl (C=O) groups is 2. The van der Waals surface area contributed by atoms with Gasteiger partial charge in [0.15, 0.2) is 5.78 Å². The van der Waals surface area contributed by atoms with E-state index in [1.54, 1.807) is 25.1 Å². The van der Waals surface area contributed by atoms with Gasteiger partial charge in [0.1, 0.15) is 12.1 Å². The third-order valence-corrected chi connectivity index (χ3v) is 5.16. The summed E-state index contributed by atoms with van der Waals surface area (Å²) in [5.41, 5.74) is 3.07. The van der Waals surface area contributed by atoms with Gasteiger partial charge in [-0.1, -0.05) is 55.5 Å². The van der Waals surface area contributed by atoms with Crippen LogP contribution in [0, 0.1) is 0 Å². The van der Waals surface area contributed by atoms with E-state index in [1.165, 1.54) is 6.92 Å². The largest absolute Gasteiger partial charge is 0.386 e. The third-order valence-electron chi connectivity index (χ3n) is 4.65. The molecule has 1 amide bonds. The molecule has 1 aliphatic carbocycles. The second-order valence-electron chi connectivity index (χ2n) is 6.69. The quantitative estimate of drug-likeness (QED) is 0.507. The normalized spacial score (nSPS) is 17.0. The zero-order valence-electron chi connectivity index (χ0n) is 16.0. The predicted molar refractivity (Wildman–Crippen MR) is 110 cm³/mol. The third kappa shape index (κ3) is 5.63. The Morgan fingerprint density at radius 2 is 1.93 bits per heavy atom. The van der Waals surface area contributed by atoms with Crippen molar-refractivity contribution >= 4 is 28.9 Å². The van der Waals surface area contributed by atoms with Gasteiger partial charge in [-0.05, 0) is 36.5 Å². The molecule has 0 bridgehead atoms. The molecule has 0 radical (unpaired) electrons. The van der Waals surface area contributed by atoms with Crippen LogP contribution in [0.25, 0.3) is 5.57 Å². The Balaban J connectivity index is 2.16. The fourth-order valence-corrected chi connectivity index (χ4v) is 2.93. The van der Waals surface area contributed by atoms with E-state index in [-0.39, 0.29) is 5.78 Å². The van der Waals surface area contributed by atoms with Gasteiger partial charge in [-0.3, -0.25) is 9.59 Å². The van der Waals surface area contributed by atoms with Crippen LogP contribution < -0.4 is 5.32 Å². The Kier molecular flexibility index (Phi) is 8.15. The average Bonchev–Trinajstić information content (AvgIpc) is 2.97. The van der Waals surface area contributed by atoms with Crippen LogP contribution in [0.3, 0.4) is 0 Å². The molecule has 4 nitrogen and oxygen atoms in total. The predicted octanol–water partition coefficient (Wildman–Crippen LogP) is 3.99. The summed E-state index contributed by atoms with van der Waals surface area (Å²) >= 11 is 5.88. The van der Waals surface area contributed by atoms with Crippen molar-refractivity contribution < 1.29 is 19.1 Å². The molecule has 0 aromatic heterocycles. The van der Waals surface area contributed by atoms with Gasteiger partial charge in [0, 0.05) is 5.56 Å². The zero-order valence-corrected chi connectivity index (χ0v) is 16.7. The molecule has 0 saturated heterocycles. The molecule has 1 aromatic rings. The van der Waals surface area contributed by atoms with Crippen molar-refractivity contribution in [3.63, 3.8) is 0 Å². The highest BCUT2D eigenvalue weighted by atomic mass is 35.5. The highest BCUT2D eigenvalue weighted by Crippen LogP contribution is 2.23. The number of benzene rings is 1. The zero-order chi connectivity index (χ0) is 20.7. The molecule has 2 N–H and O–H groups in total. The smallest absolute Gasteiger partial charge is 0.238 e. The van der Waals surface area contributed by atoms with E-state index in [1.807, 2.05) is 30.4 Å². The first-order valence-corrected chi connectivity index (χ1v) is 9.68. The molecule has 3 atom stereocenters. The van der Waals surface area contributed by atoms with E-state index in [9.17, 15) is 19.1 Å². The number of aliphatic hydroxyl groups excluding tert-OH is 1. The number of alkyl halides is 2. The summed E-state index contributed by atoms with van der Waals surface area (Å²) in [5.74, 6) is -0.485. The average molecular weight is 406 g/mol. The summed E-state index contributed by atoms with van der Waals surface area (Å²) in [5, 5.41) is 12.3. The molecule has 1 aromatic carbocycles. The van der Waals surface area contributed by atoms with Crippen molar-refractivity contribution in [3.05, 3.63) is 65.3 Å². The lowest BCUT2D eigenvalue weighted by atomic mass is 9.99. The maximum atomic E-state index is 13.4. The molecule has 0 spiro atoms. The van der Waals surface area contributed by atoms with Crippen molar-refractivity contribution in [1.82, 2.24) is 5.32 Å².